The van der Waals surface area contributed by atoms with E-state index in [-0.39, 0.29) is 15.6 Å². The van der Waals surface area contributed by atoms with Crippen molar-refractivity contribution in [1.29, 1.82) is 0 Å². The maximum atomic E-state index is 13.8. The number of hydrazine groups is 1. The van der Waals surface area contributed by atoms with E-state index in [1.54, 1.807) is 0 Å². The van der Waals surface area contributed by atoms with Crippen LogP contribution in [0, 0.1) is 23.3 Å². The molecule has 0 aliphatic rings. The first-order chi connectivity index (χ1) is 9.47. The third-order valence-electron chi connectivity index (χ3n) is 2.83. The Morgan fingerprint density at radius 1 is 0.950 bits per heavy atom. The van der Waals surface area contributed by atoms with Crippen molar-refractivity contribution in [3.8, 4) is 0 Å². The van der Waals surface area contributed by atoms with Crippen LogP contribution in [0.25, 0.3) is 0 Å². The molecule has 0 radical (unpaired) electrons. The van der Waals surface area contributed by atoms with E-state index >= 15 is 0 Å². The zero-order valence-electron chi connectivity index (χ0n) is 9.93. The second kappa shape index (κ2) is 5.90. The molecule has 7 heteroatoms. The van der Waals surface area contributed by atoms with Crippen LogP contribution in [0.4, 0.5) is 17.6 Å². The van der Waals surface area contributed by atoms with Gasteiger partial charge in [-0.1, -0.05) is 12.1 Å². The summed E-state index contributed by atoms with van der Waals surface area (Å²) in [7, 11) is 0. The summed E-state index contributed by atoms with van der Waals surface area (Å²) in [6, 6.07) is 4.19. The highest BCUT2D eigenvalue weighted by Gasteiger charge is 2.24. The Morgan fingerprint density at radius 3 is 2.10 bits per heavy atom. The summed E-state index contributed by atoms with van der Waals surface area (Å²) in [5.41, 5.74) is 1.91. The molecule has 0 aromatic heterocycles. The molecule has 0 heterocycles. The van der Waals surface area contributed by atoms with E-state index < -0.39 is 29.3 Å². The number of nitrogens with one attached hydrogen (secondary N) is 1. The standard InChI is InChI=1S/C13H9BrF4N2/c14-11-6(4-5-9(17)12(11)18)13(20-19)10-7(15)2-1-3-8(10)16/h1-5,13,20H,19H2. The molecular formula is C13H9BrF4N2. The van der Waals surface area contributed by atoms with Gasteiger partial charge in [-0.2, -0.15) is 0 Å². The number of benzene rings is 2. The normalized spacial score (nSPS) is 12.5. The predicted octanol–water partition coefficient (Wildman–Crippen LogP) is 3.56. The van der Waals surface area contributed by atoms with Crippen molar-refractivity contribution in [2.24, 2.45) is 5.84 Å². The Bertz CT molecular complexity index is 628. The fourth-order valence-electron chi connectivity index (χ4n) is 1.88. The largest absolute Gasteiger partial charge is 0.271 e. The van der Waals surface area contributed by atoms with Crippen molar-refractivity contribution in [2.75, 3.05) is 0 Å². The zero-order valence-corrected chi connectivity index (χ0v) is 11.5. The lowest BCUT2D eigenvalue weighted by molar-refractivity contribution is 0.488. The van der Waals surface area contributed by atoms with E-state index in [2.05, 4.69) is 21.4 Å². The summed E-state index contributed by atoms with van der Waals surface area (Å²) in [6.07, 6.45) is 0. The molecule has 0 amide bonds. The molecule has 2 aromatic rings. The van der Waals surface area contributed by atoms with Crippen LogP contribution >= 0.6 is 15.9 Å². The number of rotatable bonds is 3. The third-order valence-corrected chi connectivity index (χ3v) is 3.64. The highest BCUT2D eigenvalue weighted by Crippen LogP contribution is 2.33. The summed E-state index contributed by atoms with van der Waals surface area (Å²) in [5.74, 6) is 1.39. The number of nitrogens with two attached hydrogens (primary N) is 1. The maximum absolute atomic E-state index is 13.8. The smallest absolute Gasteiger partial charge is 0.173 e. The Morgan fingerprint density at radius 2 is 1.55 bits per heavy atom. The lowest BCUT2D eigenvalue weighted by Crippen LogP contribution is -2.30. The van der Waals surface area contributed by atoms with Gasteiger partial charge in [0, 0.05) is 5.56 Å². The second-order valence-corrected chi connectivity index (χ2v) is 4.79. The van der Waals surface area contributed by atoms with Crippen LogP contribution < -0.4 is 11.3 Å². The van der Waals surface area contributed by atoms with Crippen molar-refractivity contribution < 1.29 is 17.6 Å². The van der Waals surface area contributed by atoms with Crippen molar-refractivity contribution in [3.05, 3.63) is 69.2 Å². The quantitative estimate of drug-likeness (QED) is 0.385. The fourth-order valence-corrected chi connectivity index (χ4v) is 2.43. The SMILES string of the molecule is NNC(c1ccc(F)c(F)c1Br)c1c(F)cccc1F. The van der Waals surface area contributed by atoms with Gasteiger partial charge in [0.1, 0.15) is 11.6 Å². The first-order valence-corrected chi connectivity index (χ1v) is 6.30. The van der Waals surface area contributed by atoms with Crippen molar-refractivity contribution in [2.45, 2.75) is 6.04 Å². The average molecular weight is 349 g/mol. The highest BCUT2D eigenvalue weighted by atomic mass is 79.9. The van der Waals surface area contributed by atoms with Gasteiger partial charge in [-0.05, 0) is 39.7 Å². The van der Waals surface area contributed by atoms with Crippen molar-refractivity contribution in [1.82, 2.24) is 5.43 Å². The van der Waals surface area contributed by atoms with Gasteiger partial charge < -0.3 is 0 Å². The Labute approximate surface area is 120 Å². The molecule has 0 aliphatic carbocycles. The van der Waals surface area contributed by atoms with Crippen molar-refractivity contribution >= 4 is 15.9 Å². The van der Waals surface area contributed by atoms with E-state index in [1.165, 1.54) is 12.1 Å². The van der Waals surface area contributed by atoms with Gasteiger partial charge in [-0.3, -0.25) is 5.84 Å². The van der Waals surface area contributed by atoms with Crippen LogP contribution in [0.15, 0.2) is 34.8 Å². The molecule has 2 rings (SSSR count). The van der Waals surface area contributed by atoms with Crippen LogP contribution in [0.3, 0.4) is 0 Å². The molecule has 1 atom stereocenters. The van der Waals surface area contributed by atoms with Crippen LogP contribution in [-0.4, -0.2) is 0 Å². The first kappa shape index (κ1) is 15.0. The van der Waals surface area contributed by atoms with E-state index in [9.17, 15) is 17.6 Å². The molecular weight excluding hydrogens is 340 g/mol. The van der Waals surface area contributed by atoms with Gasteiger partial charge in [0.15, 0.2) is 11.6 Å². The zero-order chi connectivity index (χ0) is 14.9. The summed E-state index contributed by atoms with van der Waals surface area (Å²) >= 11 is 2.86. The molecule has 20 heavy (non-hydrogen) atoms. The van der Waals surface area contributed by atoms with Gasteiger partial charge in [-0.15, -0.1) is 0 Å². The maximum Gasteiger partial charge on any atom is 0.173 e. The Hall–Kier alpha value is -1.44. The Kier molecular flexibility index (Phi) is 4.42. The van der Waals surface area contributed by atoms with Crippen LogP contribution in [0.1, 0.15) is 17.2 Å². The van der Waals surface area contributed by atoms with Crippen molar-refractivity contribution in [3.63, 3.8) is 0 Å². The molecule has 0 saturated carbocycles. The summed E-state index contributed by atoms with van der Waals surface area (Å²) in [5, 5.41) is 0. The van der Waals surface area contributed by atoms with Gasteiger partial charge in [0.05, 0.1) is 10.5 Å². The van der Waals surface area contributed by atoms with Gasteiger partial charge in [0.2, 0.25) is 0 Å². The molecule has 0 spiro atoms. The summed E-state index contributed by atoms with van der Waals surface area (Å²) < 4.78 is 53.9. The van der Waals surface area contributed by atoms with Crippen LogP contribution in [0.5, 0.6) is 0 Å². The molecule has 0 aliphatic heterocycles. The van der Waals surface area contributed by atoms with Crippen LogP contribution in [0.2, 0.25) is 0 Å². The lowest BCUT2D eigenvalue weighted by atomic mass is 9.98. The summed E-state index contributed by atoms with van der Waals surface area (Å²) in [6.45, 7) is 0. The molecule has 0 saturated heterocycles. The number of halogens is 5. The summed E-state index contributed by atoms with van der Waals surface area (Å²) in [4.78, 5) is 0. The van der Waals surface area contributed by atoms with E-state index in [1.807, 2.05) is 0 Å². The molecule has 3 N–H and O–H groups in total. The molecule has 2 aromatic carbocycles. The average Bonchev–Trinajstić information content (AvgIpc) is 2.42. The molecule has 1 unspecified atom stereocenters. The van der Waals surface area contributed by atoms with Gasteiger partial charge in [-0.25, -0.2) is 23.0 Å². The van der Waals surface area contributed by atoms with Gasteiger partial charge >= 0.3 is 0 Å². The van der Waals surface area contributed by atoms with E-state index in [4.69, 9.17) is 5.84 Å². The monoisotopic (exact) mass is 348 g/mol. The van der Waals surface area contributed by atoms with Gasteiger partial charge in [0.25, 0.3) is 0 Å². The fraction of sp³-hybridized carbons (Fsp3) is 0.0769. The molecule has 0 bridgehead atoms. The number of hydrogen-bond acceptors (Lipinski definition) is 2. The minimum Gasteiger partial charge on any atom is -0.271 e. The minimum absolute atomic E-state index is 0.0791. The predicted molar refractivity (Wildman–Crippen MR) is 69.6 cm³/mol. The topological polar surface area (TPSA) is 38.0 Å². The second-order valence-electron chi connectivity index (χ2n) is 4.00. The lowest BCUT2D eigenvalue weighted by Gasteiger charge is -2.20. The first-order valence-electron chi connectivity index (χ1n) is 5.50. The van der Waals surface area contributed by atoms with Crippen LogP contribution in [-0.2, 0) is 0 Å². The molecule has 0 fully saturated rings. The highest BCUT2D eigenvalue weighted by molar-refractivity contribution is 9.10. The Balaban J connectivity index is 2.62. The molecule has 106 valence electrons. The minimum atomic E-state index is -1.17. The van der Waals surface area contributed by atoms with E-state index in [0.29, 0.717) is 0 Å². The molecule has 2 nitrogen and oxygen atoms in total. The van der Waals surface area contributed by atoms with E-state index in [0.717, 1.165) is 18.2 Å². The third kappa shape index (κ3) is 2.56. The number of hydrogen-bond donors (Lipinski definition) is 2.